The van der Waals surface area contributed by atoms with Crippen LogP contribution in [0.3, 0.4) is 0 Å². The van der Waals surface area contributed by atoms with Crippen LogP contribution in [0.15, 0.2) is 28.9 Å². The topological polar surface area (TPSA) is 49.9 Å². The summed E-state index contributed by atoms with van der Waals surface area (Å²) in [4.78, 5) is 13.6. The first-order valence-electron chi connectivity index (χ1n) is 4.22. The molecule has 0 aliphatic carbocycles. The van der Waals surface area contributed by atoms with Gasteiger partial charge in [-0.25, -0.2) is 0 Å². The highest BCUT2D eigenvalue weighted by atomic mass is 79.9. The van der Waals surface area contributed by atoms with Crippen molar-refractivity contribution >= 4 is 72.0 Å². The zero-order chi connectivity index (χ0) is 13.1. The largest absolute Gasteiger partial charge is 0.360 e. The molecule has 0 amide bonds. The van der Waals surface area contributed by atoms with Gasteiger partial charge < -0.3 is 4.98 Å². The van der Waals surface area contributed by atoms with E-state index in [9.17, 15) is 9.36 Å². The number of aromatic nitrogens is 1. The minimum Gasteiger partial charge on any atom is -0.360 e. The van der Waals surface area contributed by atoms with Gasteiger partial charge in [-0.3, -0.25) is 9.36 Å². The van der Waals surface area contributed by atoms with E-state index in [0.717, 1.165) is 21.7 Å². The summed E-state index contributed by atoms with van der Waals surface area (Å²) in [6.07, 6.45) is 2.56. The van der Waals surface area contributed by atoms with Crippen LogP contribution in [-0.2, 0) is 4.57 Å². The Labute approximate surface area is 120 Å². The maximum absolute atomic E-state index is 10.6. The van der Waals surface area contributed by atoms with Crippen LogP contribution in [-0.4, -0.2) is 11.3 Å². The zero-order valence-corrected chi connectivity index (χ0v) is 12.9. The van der Waals surface area contributed by atoms with Gasteiger partial charge in [-0.15, -0.1) is 0 Å². The third-order valence-electron chi connectivity index (χ3n) is 1.80. The first-order valence-corrected chi connectivity index (χ1v) is 9.43. The minimum atomic E-state index is -3.22. The summed E-state index contributed by atoms with van der Waals surface area (Å²) in [6, 6.07) is 5.80. The highest BCUT2D eigenvalue weighted by Gasteiger charge is 2.03. The fourth-order valence-corrected chi connectivity index (χ4v) is 1.57. The highest BCUT2D eigenvalue weighted by molar-refractivity contribution is 9.10. The van der Waals surface area contributed by atoms with Gasteiger partial charge in [-0.05, 0) is 51.9 Å². The van der Waals surface area contributed by atoms with Crippen molar-refractivity contribution < 1.29 is 9.36 Å². The molecule has 0 spiro atoms. The van der Waals surface area contributed by atoms with Crippen LogP contribution in [0, 0.1) is 0 Å². The lowest BCUT2D eigenvalue weighted by Crippen LogP contribution is -1.73. The van der Waals surface area contributed by atoms with Gasteiger partial charge in [-0.1, -0.05) is 15.9 Å². The molecule has 0 bridgehead atoms. The number of aldehydes is 1. The number of nitrogens with one attached hydrogen (secondary N) is 1. The van der Waals surface area contributed by atoms with Crippen LogP contribution in [0.4, 0.5) is 0 Å². The third-order valence-corrected chi connectivity index (χ3v) is 2.30. The monoisotopic (exact) mass is 375 g/mol. The van der Waals surface area contributed by atoms with Crippen LogP contribution in [0.1, 0.15) is 10.4 Å². The van der Waals surface area contributed by atoms with Gasteiger partial charge in [0.05, 0.1) is 0 Å². The summed E-state index contributed by atoms with van der Waals surface area (Å²) in [5.41, 5.74) is 1.69. The van der Waals surface area contributed by atoms with Crippen LogP contribution in [0.25, 0.3) is 10.9 Å². The van der Waals surface area contributed by atoms with E-state index in [1.807, 2.05) is 18.2 Å². The van der Waals surface area contributed by atoms with E-state index in [2.05, 4.69) is 54.6 Å². The Bertz CT molecular complexity index is 572. The number of halogens is 4. The van der Waals surface area contributed by atoms with Gasteiger partial charge in [0.25, 0.3) is 0 Å². The number of hydrogen-bond donors (Lipinski definition) is 1. The summed E-state index contributed by atoms with van der Waals surface area (Å²) in [6.45, 7) is 0. The molecule has 0 aliphatic rings. The van der Waals surface area contributed by atoms with E-state index in [4.69, 9.17) is 0 Å². The number of carbonyl (C=O) groups is 1. The molecule has 0 atom stereocenters. The Hall–Kier alpha value is 0.01000. The summed E-state index contributed by atoms with van der Waals surface area (Å²) >= 11 is 17.2. The molecule has 2 rings (SSSR count). The summed E-state index contributed by atoms with van der Waals surface area (Å²) in [5, 5.41) is -2.26. The standard InChI is InChI=1S/C9H6BrNO.Cl3OP/c10-7-1-2-9-8(3-7)6(5-12)4-11-9;1-5(2,3)4/h1-5,11H;. The maximum Gasteiger partial charge on any atom is 0.339 e. The number of fused-ring (bicyclic) bond motifs is 1. The van der Waals surface area contributed by atoms with E-state index in [0.29, 0.717) is 5.56 Å². The molecule has 8 heteroatoms. The molecule has 1 aromatic carbocycles. The third kappa shape index (κ3) is 5.45. The molecule has 0 unspecified atom stereocenters. The average molecular weight is 377 g/mol. The van der Waals surface area contributed by atoms with Crippen molar-refractivity contribution in [1.29, 1.82) is 0 Å². The molecule has 0 saturated carbocycles. The molecule has 0 aliphatic heterocycles. The fourth-order valence-electron chi connectivity index (χ4n) is 1.21. The van der Waals surface area contributed by atoms with Crippen molar-refractivity contribution in [3.05, 3.63) is 34.4 Å². The Morgan fingerprint density at radius 1 is 1.29 bits per heavy atom. The number of carbonyl (C=O) groups excluding carboxylic acids is 1. The van der Waals surface area contributed by atoms with Gasteiger partial charge in [0, 0.05) is 27.1 Å². The quantitative estimate of drug-likeness (QED) is 0.523. The maximum atomic E-state index is 10.6. The number of H-pyrrole nitrogens is 1. The molecule has 0 fully saturated rings. The van der Waals surface area contributed by atoms with Crippen molar-refractivity contribution in [3.8, 4) is 0 Å². The van der Waals surface area contributed by atoms with E-state index < -0.39 is 5.20 Å². The van der Waals surface area contributed by atoms with Crippen LogP contribution in [0.2, 0.25) is 0 Å². The fraction of sp³-hybridized carbons (Fsp3) is 0. The van der Waals surface area contributed by atoms with Crippen molar-refractivity contribution in [1.82, 2.24) is 4.98 Å². The van der Waals surface area contributed by atoms with Gasteiger partial charge in [0.1, 0.15) is 0 Å². The number of benzene rings is 1. The molecule has 2 aromatic rings. The molecule has 1 N–H and O–H groups in total. The molecule has 1 aromatic heterocycles. The van der Waals surface area contributed by atoms with Gasteiger partial charge >= 0.3 is 5.20 Å². The molecule has 17 heavy (non-hydrogen) atoms. The van der Waals surface area contributed by atoms with E-state index in [-0.39, 0.29) is 0 Å². The van der Waals surface area contributed by atoms with Crippen molar-refractivity contribution in [2.45, 2.75) is 0 Å². The second-order valence-electron chi connectivity index (χ2n) is 2.95. The van der Waals surface area contributed by atoms with Crippen LogP contribution < -0.4 is 0 Å². The Morgan fingerprint density at radius 2 is 1.88 bits per heavy atom. The second kappa shape index (κ2) is 6.26. The molecule has 1 heterocycles. The molecular formula is C9H6BrCl3NO2P. The van der Waals surface area contributed by atoms with E-state index in [1.165, 1.54) is 0 Å². The SMILES string of the molecule is O=Cc1c[nH]c2ccc(Br)cc12.O=P(Cl)(Cl)Cl. The first kappa shape index (κ1) is 15.1. The lowest BCUT2D eigenvalue weighted by molar-refractivity contribution is 0.112. The molecule has 92 valence electrons. The van der Waals surface area contributed by atoms with Crippen molar-refractivity contribution in [2.75, 3.05) is 0 Å². The van der Waals surface area contributed by atoms with Crippen molar-refractivity contribution in [3.63, 3.8) is 0 Å². The normalized spacial score (nSPS) is 10.8. The van der Waals surface area contributed by atoms with E-state index >= 15 is 0 Å². The lowest BCUT2D eigenvalue weighted by atomic mass is 10.2. The van der Waals surface area contributed by atoms with E-state index in [1.54, 1.807) is 6.20 Å². The lowest BCUT2D eigenvalue weighted by Gasteiger charge is -1.91. The Balaban J connectivity index is 0.000000249. The average Bonchev–Trinajstić information content (AvgIpc) is 2.57. The van der Waals surface area contributed by atoms with Gasteiger partial charge in [-0.2, -0.15) is 0 Å². The summed E-state index contributed by atoms with van der Waals surface area (Å²) < 4.78 is 10.5. The number of rotatable bonds is 1. The van der Waals surface area contributed by atoms with Crippen molar-refractivity contribution in [2.24, 2.45) is 0 Å². The smallest absolute Gasteiger partial charge is 0.339 e. The number of hydrogen-bond acceptors (Lipinski definition) is 2. The van der Waals surface area contributed by atoms with Gasteiger partial charge in [0.15, 0.2) is 6.29 Å². The molecule has 3 nitrogen and oxygen atoms in total. The summed E-state index contributed by atoms with van der Waals surface area (Å²) in [5.74, 6) is 0. The summed E-state index contributed by atoms with van der Waals surface area (Å²) in [7, 11) is 0. The van der Waals surface area contributed by atoms with Crippen LogP contribution in [0.5, 0.6) is 0 Å². The molecular weight excluding hydrogens is 371 g/mol. The Kier molecular flexibility index (Phi) is 5.55. The molecule has 0 saturated heterocycles. The minimum absolute atomic E-state index is 0.700. The number of aromatic amines is 1. The first-order chi connectivity index (χ1) is 7.81. The predicted octanol–water partition coefficient (Wildman–Crippen LogP) is 5.55. The van der Waals surface area contributed by atoms with Crippen LogP contribution >= 0.6 is 54.9 Å². The highest BCUT2D eigenvalue weighted by Crippen LogP contribution is 2.61. The zero-order valence-electron chi connectivity index (χ0n) is 8.16. The molecule has 0 radical (unpaired) electrons. The predicted molar refractivity (Wildman–Crippen MR) is 76.6 cm³/mol. The van der Waals surface area contributed by atoms with Gasteiger partial charge in [0.2, 0.25) is 0 Å². The second-order valence-corrected chi connectivity index (χ2v) is 10.5. The Morgan fingerprint density at radius 3 is 2.41 bits per heavy atom.